The molecule has 0 saturated heterocycles. The zero-order valence-corrected chi connectivity index (χ0v) is 41.1. The Bertz CT molecular complexity index is 3880. The van der Waals surface area contributed by atoms with Crippen LogP contribution in [0.2, 0.25) is 0 Å². The average Bonchev–Trinajstić information content (AvgIpc) is 3.87. The molecule has 11 aromatic rings. The number of imidazole rings is 1. The Morgan fingerprint density at radius 2 is 1.13 bits per heavy atom. The predicted octanol–water partition coefficient (Wildman–Crippen LogP) is 16.3. The van der Waals surface area contributed by atoms with Crippen LogP contribution in [0.1, 0.15) is 60.0 Å². The molecule has 0 fully saturated rings. The molecule has 5 nitrogen and oxygen atoms in total. The number of ether oxygens (including phenoxy) is 1. The maximum atomic E-state index is 8.78. The van der Waals surface area contributed by atoms with Crippen LogP contribution < -0.4 is 4.74 Å². The van der Waals surface area contributed by atoms with Gasteiger partial charge in [0.05, 0.1) is 0 Å². The third-order valence-corrected chi connectivity index (χ3v) is 14.8. The normalized spacial score (nSPS) is 13.6. The van der Waals surface area contributed by atoms with E-state index in [4.69, 9.17) is 13.8 Å². The molecule has 0 amide bonds. The minimum Gasteiger partial charge on any atom is -0.0579 e. The molecule has 0 atom stereocenters. The van der Waals surface area contributed by atoms with Gasteiger partial charge in [0.1, 0.15) is 0 Å². The van der Waals surface area contributed by atoms with Gasteiger partial charge in [0, 0.05) is 15.9 Å². The molecule has 12 rings (SSSR count). The van der Waals surface area contributed by atoms with Crippen LogP contribution in [0.5, 0.6) is 11.5 Å². The van der Waals surface area contributed by atoms with Crippen molar-refractivity contribution in [3.8, 4) is 62.1 Å². The molecule has 0 saturated carbocycles. The van der Waals surface area contributed by atoms with Crippen molar-refractivity contribution in [3.05, 3.63) is 220 Å². The van der Waals surface area contributed by atoms with Gasteiger partial charge in [-0.15, -0.1) is 0 Å². The van der Waals surface area contributed by atoms with Crippen molar-refractivity contribution < 1.29 is 28.2 Å². The number of aromatic nitrogens is 4. The summed E-state index contributed by atoms with van der Waals surface area (Å²) >= 11 is 2.48. The minimum atomic E-state index is -2.38. The van der Waals surface area contributed by atoms with Gasteiger partial charge in [-0.05, 0) is 65.8 Å². The summed E-state index contributed by atoms with van der Waals surface area (Å²) in [5.41, 5.74) is 16.2. The number of aryl methyl sites for hydroxylation is 3. The van der Waals surface area contributed by atoms with Crippen LogP contribution in [0.3, 0.4) is 0 Å². The Kier molecular flexibility index (Phi) is 9.95. The molecular weight excluding hydrogens is 1020 g/mol. The van der Waals surface area contributed by atoms with Crippen LogP contribution in [-0.2, 0) is 37.6 Å². The second-order valence-electron chi connectivity index (χ2n) is 19.2. The number of hydrogen-bond donors (Lipinski definition) is 0. The molecule has 1 aliphatic rings. The molecule has 0 N–H and O–H groups in total. The fourth-order valence-corrected chi connectivity index (χ4v) is 11.5. The standard InChI is InChI=1S/C63H52N4O.Pt/c1-42-35-61(64-40-56(42)45-29-31-48(32-30-45)63(2,3)4)67-59-37-47-22-12-11-21-46(47)36-55(59)54-34-33-51(39-60(54)67)68-50-24-15-23-49(38-50)65-41-66(58-28-14-13-27-57(58)65)62-52(43-17-7-5-8-18-43)25-16-26-53(62)44-19-9-6-10-20-44;/h5-10,13-20,23-40H,11-12,21-22H2,1-4H3;/i1D3;. The van der Waals surface area contributed by atoms with Gasteiger partial charge in [0.15, 0.2) is 0 Å². The molecule has 3 aromatic heterocycles. The number of benzene rings is 8. The summed E-state index contributed by atoms with van der Waals surface area (Å²) in [6.07, 6.45) is 6.11. The molecule has 0 radical (unpaired) electrons. The molecule has 1 aliphatic carbocycles. The van der Waals surface area contributed by atoms with E-state index >= 15 is 0 Å². The molecule has 0 bridgehead atoms. The Hall–Kier alpha value is -7.33. The van der Waals surface area contributed by atoms with Crippen molar-refractivity contribution in [1.82, 2.24) is 18.7 Å². The van der Waals surface area contributed by atoms with Gasteiger partial charge < -0.3 is 0 Å². The molecule has 0 aliphatic heterocycles. The minimum absolute atomic E-state index is 0.0297. The van der Waals surface area contributed by atoms with Crippen molar-refractivity contribution in [2.24, 2.45) is 0 Å². The van der Waals surface area contributed by atoms with Crippen LogP contribution in [0, 0.1) is 10.7 Å². The molecule has 340 valence electrons. The van der Waals surface area contributed by atoms with Crippen LogP contribution in [0.25, 0.3) is 83.4 Å². The van der Waals surface area contributed by atoms with Gasteiger partial charge in [-0.2, -0.15) is 0 Å². The van der Waals surface area contributed by atoms with Gasteiger partial charge in [0.2, 0.25) is 0 Å². The van der Waals surface area contributed by atoms with Gasteiger partial charge >= 0.3 is 294 Å². The fraction of sp³-hybridized carbons (Fsp3) is 0.143. The first-order chi connectivity index (χ1) is 34.9. The fourth-order valence-electron chi connectivity index (χ4n) is 10.4. The summed E-state index contributed by atoms with van der Waals surface area (Å²) in [6.45, 7) is 4.15. The van der Waals surface area contributed by atoms with Crippen molar-refractivity contribution >= 4 is 32.8 Å². The van der Waals surface area contributed by atoms with Gasteiger partial charge in [0.25, 0.3) is 0 Å². The van der Waals surface area contributed by atoms with Crippen LogP contribution in [0.15, 0.2) is 194 Å². The SMILES string of the molecule is [2H]C([2H])([2H])c1cc(-n2c3cc(Oc4cccc(-n5[c](=[Pt])n(-c6c(-c7ccccc7)cccc6-c6ccccc6)c6ccccc65)c4)ccc3c3cc4c(cc32)CCCC4)ncc1-c1ccc(C(C)(C)C)cc1. The second-order valence-corrected chi connectivity index (χ2v) is 20.2. The smallest absolute Gasteiger partial charge is 0.0579 e. The molecule has 6 heteroatoms. The molecule has 0 unspecified atom stereocenters. The van der Waals surface area contributed by atoms with Gasteiger partial charge in [-0.25, -0.2) is 0 Å². The topological polar surface area (TPSA) is 36.9 Å². The van der Waals surface area contributed by atoms with Gasteiger partial charge in [-0.3, -0.25) is 0 Å². The number of para-hydroxylation sites is 3. The quantitative estimate of drug-likeness (QED) is 0.152. The summed E-state index contributed by atoms with van der Waals surface area (Å²) in [5, 5.41) is 2.17. The summed E-state index contributed by atoms with van der Waals surface area (Å²) in [6, 6.07) is 65.6. The van der Waals surface area contributed by atoms with E-state index in [1.807, 2.05) is 30.3 Å². The van der Waals surface area contributed by atoms with E-state index in [9.17, 15) is 0 Å². The van der Waals surface area contributed by atoms with Crippen molar-refractivity contribution in [2.45, 2.75) is 58.7 Å². The Morgan fingerprint density at radius 1 is 0.522 bits per heavy atom. The summed E-state index contributed by atoms with van der Waals surface area (Å²) in [4.78, 5) is 5.08. The monoisotopic (exact) mass is 1080 g/mol. The van der Waals surface area contributed by atoms with Gasteiger partial charge in [-0.1, -0.05) is 45.0 Å². The van der Waals surface area contributed by atoms with Crippen LogP contribution in [-0.4, -0.2) is 18.7 Å². The Morgan fingerprint density at radius 3 is 1.81 bits per heavy atom. The van der Waals surface area contributed by atoms with E-state index in [0.29, 0.717) is 22.9 Å². The first-order valence-electron chi connectivity index (χ1n) is 25.3. The predicted molar refractivity (Wildman–Crippen MR) is 281 cm³/mol. The first-order valence-corrected chi connectivity index (χ1v) is 24.9. The zero-order valence-electron chi connectivity index (χ0n) is 41.8. The summed E-state index contributed by atoms with van der Waals surface area (Å²) in [5.74, 6) is 1.90. The zero-order chi connectivity index (χ0) is 49.3. The third kappa shape index (κ3) is 7.70. The molecule has 8 aromatic carbocycles. The Labute approximate surface area is 418 Å². The van der Waals surface area contributed by atoms with Crippen LogP contribution >= 0.6 is 0 Å². The molecule has 3 heterocycles. The molecular formula is C63H52N4OPt. The van der Waals surface area contributed by atoms with E-state index in [1.54, 1.807) is 12.3 Å². The van der Waals surface area contributed by atoms with E-state index in [1.165, 1.54) is 23.1 Å². The van der Waals surface area contributed by atoms with Crippen molar-refractivity contribution in [1.29, 1.82) is 0 Å². The average molecular weight is 1080 g/mol. The number of fused-ring (bicyclic) bond motifs is 5. The molecule has 0 spiro atoms. The van der Waals surface area contributed by atoms with E-state index in [-0.39, 0.29) is 11.0 Å². The van der Waals surface area contributed by atoms with E-state index in [0.717, 1.165) is 95.1 Å². The summed E-state index contributed by atoms with van der Waals surface area (Å²) in [7, 11) is 0. The molecule has 69 heavy (non-hydrogen) atoms. The van der Waals surface area contributed by atoms with Crippen LogP contribution in [0.4, 0.5) is 0 Å². The maximum absolute atomic E-state index is 8.78. The summed E-state index contributed by atoms with van der Waals surface area (Å²) < 4.78 is 41.1. The van der Waals surface area contributed by atoms with Crippen molar-refractivity contribution in [2.75, 3.05) is 0 Å². The Balaban J connectivity index is 0.982. The second kappa shape index (κ2) is 17.3. The number of nitrogens with zero attached hydrogens (tertiary/aromatic N) is 4. The third-order valence-electron chi connectivity index (χ3n) is 13.8. The first kappa shape index (κ1) is 39.6. The number of hydrogen-bond acceptors (Lipinski definition) is 2. The number of rotatable bonds is 8. The number of pyridine rings is 1. The van der Waals surface area contributed by atoms with Crippen molar-refractivity contribution in [3.63, 3.8) is 0 Å². The van der Waals surface area contributed by atoms with E-state index in [2.05, 4.69) is 205 Å². The van der Waals surface area contributed by atoms with E-state index < -0.39 is 6.85 Å².